The van der Waals surface area contributed by atoms with E-state index >= 15 is 0 Å². The summed E-state index contributed by atoms with van der Waals surface area (Å²) in [6, 6.07) is 8.11. The van der Waals surface area contributed by atoms with E-state index in [-0.39, 0.29) is 0 Å². The van der Waals surface area contributed by atoms with Gasteiger partial charge in [-0.25, -0.2) is 0 Å². The lowest BCUT2D eigenvalue weighted by atomic mass is 10.0. The van der Waals surface area contributed by atoms with Crippen LogP contribution in [0.15, 0.2) is 24.3 Å². The molecule has 0 atom stereocenters. The van der Waals surface area contributed by atoms with E-state index < -0.39 is 0 Å². The molecule has 94 valence electrons. The van der Waals surface area contributed by atoms with Crippen LogP contribution in [0.2, 0.25) is 0 Å². The first-order valence-corrected chi connectivity index (χ1v) is 6.19. The number of aromatic nitrogens is 2. The maximum absolute atomic E-state index is 5.28. The van der Waals surface area contributed by atoms with Gasteiger partial charge < -0.3 is 10.1 Å². The van der Waals surface area contributed by atoms with Gasteiger partial charge in [0.15, 0.2) is 0 Å². The van der Waals surface area contributed by atoms with Crippen molar-refractivity contribution in [1.82, 2.24) is 15.1 Å². The lowest BCUT2D eigenvalue weighted by molar-refractivity contribution is 0.415. The zero-order chi connectivity index (χ0) is 12.5. The Balaban J connectivity index is 2.11. The first kappa shape index (κ1) is 11.3. The maximum atomic E-state index is 5.28. The molecular weight excluding hydrogens is 226 g/mol. The molecule has 3 rings (SSSR count). The zero-order valence-corrected chi connectivity index (χ0v) is 10.7. The number of hydrogen-bond donors (Lipinski definition) is 1. The molecule has 0 bridgehead atoms. The van der Waals surface area contributed by atoms with Crippen LogP contribution in [0, 0.1) is 0 Å². The Morgan fingerprint density at radius 3 is 3.11 bits per heavy atom. The molecular formula is C14H17N3O. The topological polar surface area (TPSA) is 39.1 Å². The summed E-state index contributed by atoms with van der Waals surface area (Å²) in [6.45, 7) is 1.93. The van der Waals surface area contributed by atoms with Gasteiger partial charge in [0.05, 0.1) is 18.5 Å². The summed E-state index contributed by atoms with van der Waals surface area (Å²) in [6.07, 6.45) is 1.04. The van der Waals surface area contributed by atoms with Crippen molar-refractivity contribution in [1.29, 1.82) is 0 Å². The number of rotatable bonds is 2. The van der Waals surface area contributed by atoms with Gasteiger partial charge in [-0.1, -0.05) is 12.1 Å². The van der Waals surface area contributed by atoms with Crippen molar-refractivity contribution in [2.45, 2.75) is 13.0 Å². The molecule has 1 N–H and O–H groups in total. The fraction of sp³-hybridized carbons (Fsp3) is 0.357. The van der Waals surface area contributed by atoms with E-state index in [1.165, 1.54) is 11.3 Å². The van der Waals surface area contributed by atoms with Gasteiger partial charge in [0.1, 0.15) is 5.75 Å². The molecule has 1 aliphatic rings. The zero-order valence-electron chi connectivity index (χ0n) is 10.7. The molecule has 0 unspecified atom stereocenters. The second-order valence-electron chi connectivity index (χ2n) is 4.56. The van der Waals surface area contributed by atoms with Crippen LogP contribution in [0.25, 0.3) is 11.3 Å². The molecule has 0 saturated heterocycles. The fourth-order valence-electron chi connectivity index (χ4n) is 2.51. The number of nitrogens with one attached hydrogen (secondary N) is 1. The summed E-state index contributed by atoms with van der Waals surface area (Å²) in [7, 11) is 3.70. The standard InChI is InChI=1S/C14H17N3O/c1-17-13-9-15-7-6-12(13)14(16-17)10-4-3-5-11(8-10)18-2/h3-5,8,15H,6-7,9H2,1-2H3. The SMILES string of the molecule is COc1cccc(-c2nn(C)c3c2CCNC3)c1. The fourth-order valence-corrected chi connectivity index (χ4v) is 2.51. The number of fused-ring (bicyclic) bond motifs is 1. The lowest BCUT2D eigenvalue weighted by Gasteiger charge is -2.14. The van der Waals surface area contributed by atoms with Crippen molar-refractivity contribution in [2.75, 3.05) is 13.7 Å². The normalized spacial score (nSPS) is 14.3. The molecule has 1 aromatic heterocycles. The van der Waals surface area contributed by atoms with Crippen molar-refractivity contribution in [3.63, 3.8) is 0 Å². The third-order valence-corrected chi connectivity index (χ3v) is 3.46. The summed E-state index contributed by atoms with van der Waals surface area (Å²) in [5.41, 5.74) is 4.88. The molecule has 4 nitrogen and oxygen atoms in total. The average Bonchev–Trinajstić information content (AvgIpc) is 2.77. The number of ether oxygens (including phenoxy) is 1. The minimum Gasteiger partial charge on any atom is -0.497 e. The Hall–Kier alpha value is -1.81. The monoisotopic (exact) mass is 243 g/mol. The number of nitrogens with zero attached hydrogens (tertiary/aromatic N) is 2. The van der Waals surface area contributed by atoms with Crippen LogP contribution < -0.4 is 10.1 Å². The molecule has 4 heteroatoms. The Bertz CT molecular complexity index is 574. The van der Waals surface area contributed by atoms with Crippen LogP contribution in [0.5, 0.6) is 5.75 Å². The van der Waals surface area contributed by atoms with Crippen LogP contribution in [-0.4, -0.2) is 23.4 Å². The molecule has 0 fully saturated rings. The highest BCUT2D eigenvalue weighted by atomic mass is 16.5. The number of methoxy groups -OCH3 is 1. The van der Waals surface area contributed by atoms with Crippen molar-refractivity contribution in [3.8, 4) is 17.0 Å². The summed E-state index contributed by atoms with van der Waals surface area (Å²) in [5, 5.41) is 8.04. The minimum absolute atomic E-state index is 0.876. The summed E-state index contributed by atoms with van der Waals surface area (Å²) >= 11 is 0. The molecule has 0 radical (unpaired) electrons. The van der Waals surface area contributed by atoms with E-state index in [1.54, 1.807) is 7.11 Å². The molecule has 2 aromatic rings. The van der Waals surface area contributed by atoms with Crippen LogP contribution in [0.4, 0.5) is 0 Å². The van der Waals surface area contributed by atoms with Gasteiger partial charge in [-0.3, -0.25) is 4.68 Å². The van der Waals surface area contributed by atoms with Crippen LogP contribution in [-0.2, 0) is 20.0 Å². The van der Waals surface area contributed by atoms with Crippen molar-refractivity contribution in [2.24, 2.45) is 7.05 Å². The Morgan fingerprint density at radius 2 is 2.28 bits per heavy atom. The Kier molecular flexibility index (Phi) is 2.80. The van der Waals surface area contributed by atoms with Crippen molar-refractivity contribution >= 4 is 0 Å². The average molecular weight is 243 g/mol. The van der Waals surface area contributed by atoms with E-state index in [1.807, 2.05) is 29.9 Å². The first-order chi connectivity index (χ1) is 8.79. The summed E-state index contributed by atoms with van der Waals surface area (Å²) in [5.74, 6) is 0.876. The van der Waals surface area contributed by atoms with Gasteiger partial charge in [0, 0.05) is 24.7 Å². The number of hydrogen-bond acceptors (Lipinski definition) is 3. The summed E-state index contributed by atoms with van der Waals surface area (Å²) in [4.78, 5) is 0. The van der Waals surface area contributed by atoms with E-state index in [4.69, 9.17) is 4.74 Å². The third-order valence-electron chi connectivity index (χ3n) is 3.46. The van der Waals surface area contributed by atoms with Gasteiger partial charge in [-0.15, -0.1) is 0 Å². The van der Waals surface area contributed by atoms with Crippen LogP contribution in [0.3, 0.4) is 0 Å². The van der Waals surface area contributed by atoms with E-state index in [0.717, 1.165) is 36.5 Å². The summed E-state index contributed by atoms with van der Waals surface area (Å²) < 4.78 is 7.26. The molecule has 1 aliphatic heterocycles. The smallest absolute Gasteiger partial charge is 0.119 e. The Morgan fingerprint density at radius 1 is 1.39 bits per heavy atom. The molecule has 1 aromatic carbocycles. The van der Waals surface area contributed by atoms with Gasteiger partial charge in [-0.05, 0) is 25.1 Å². The molecule has 2 heterocycles. The number of benzene rings is 1. The van der Waals surface area contributed by atoms with Crippen LogP contribution >= 0.6 is 0 Å². The van der Waals surface area contributed by atoms with Gasteiger partial charge in [0.2, 0.25) is 0 Å². The predicted molar refractivity (Wildman–Crippen MR) is 70.6 cm³/mol. The Labute approximate surface area is 107 Å². The number of aryl methyl sites for hydroxylation is 1. The second kappa shape index (κ2) is 4.46. The van der Waals surface area contributed by atoms with Gasteiger partial charge in [-0.2, -0.15) is 5.10 Å². The quantitative estimate of drug-likeness (QED) is 0.873. The van der Waals surface area contributed by atoms with Crippen LogP contribution in [0.1, 0.15) is 11.3 Å². The molecule has 0 aliphatic carbocycles. The van der Waals surface area contributed by atoms with Crippen molar-refractivity contribution < 1.29 is 4.74 Å². The highest BCUT2D eigenvalue weighted by Gasteiger charge is 2.19. The van der Waals surface area contributed by atoms with Crippen molar-refractivity contribution in [3.05, 3.63) is 35.5 Å². The van der Waals surface area contributed by atoms with E-state index in [9.17, 15) is 0 Å². The van der Waals surface area contributed by atoms with Gasteiger partial charge in [0.25, 0.3) is 0 Å². The van der Waals surface area contributed by atoms with E-state index in [2.05, 4.69) is 16.5 Å². The highest BCUT2D eigenvalue weighted by Crippen LogP contribution is 2.29. The molecule has 0 amide bonds. The van der Waals surface area contributed by atoms with E-state index in [0.29, 0.717) is 0 Å². The van der Waals surface area contributed by atoms with Gasteiger partial charge >= 0.3 is 0 Å². The molecule has 0 spiro atoms. The first-order valence-electron chi connectivity index (χ1n) is 6.19. The molecule has 18 heavy (non-hydrogen) atoms. The lowest BCUT2D eigenvalue weighted by Crippen LogP contribution is -2.24. The maximum Gasteiger partial charge on any atom is 0.119 e. The predicted octanol–water partition coefficient (Wildman–Crippen LogP) is 1.74. The molecule has 0 saturated carbocycles. The minimum atomic E-state index is 0.876. The largest absolute Gasteiger partial charge is 0.497 e. The highest BCUT2D eigenvalue weighted by molar-refractivity contribution is 5.66. The third kappa shape index (κ3) is 1.78. The second-order valence-corrected chi connectivity index (χ2v) is 4.56.